The Morgan fingerprint density at radius 2 is 2.05 bits per heavy atom. The molecule has 4 nitrogen and oxygen atoms in total. The van der Waals surface area contributed by atoms with Gasteiger partial charge in [-0.2, -0.15) is 0 Å². The van der Waals surface area contributed by atoms with Gasteiger partial charge in [0, 0.05) is 11.0 Å². The van der Waals surface area contributed by atoms with E-state index in [1.807, 2.05) is 0 Å². The van der Waals surface area contributed by atoms with Crippen LogP contribution in [0.4, 0.5) is 5.69 Å². The van der Waals surface area contributed by atoms with E-state index in [0.29, 0.717) is 12.5 Å². The standard InChI is InChI=1S/C13H19BrN2O2S/c1-9(2)13(5-6-13)8-16-19(17,18)12-4-3-10(14)7-11(12)15/h3-4,7,9,16H,5-6,8,15H2,1-2H3. The van der Waals surface area contributed by atoms with Crippen LogP contribution < -0.4 is 10.5 Å². The minimum absolute atomic E-state index is 0.136. The number of nitrogens with two attached hydrogens (primary N) is 1. The van der Waals surface area contributed by atoms with Crippen LogP contribution in [0.1, 0.15) is 26.7 Å². The van der Waals surface area contributed by atoms with Gasteiger partial charge in [0.25, 0.3) is 0 Å². The van der Waals surface area contributed by atoms with Crippen LogP contribution >= 0.6 is 15.9 Å². The average Bonchev–Trinajstić information content (AvgIpc) is 3.07. The lowest BCUT2D eigenvalue weighted by molar-refractivity contribution is 0.357. The molecule has 2 rings (SSSR count). The predicted octanol–water partition coefficient (Wildman–Crippen LogP) is 2.75. The van der Waals surface area contributed by atoms with E-state index < -0.39 is 10.0 Å². The molecule has 19 heavy (non-hydrogen) atoms. The van der Waals surface area contributed by atoms with Gasteiger partial charge in [0.1, 0.15) is 4.90 Å². The summed E-state index contributed by atoms with van der Waals surface area (Å²) >= 11 is 3.27. The van der Waals surface area contributed by atoms with Crippen LogP contribution in [0.5, 0.6) is 0 Å². The number of nitrogen functional groups attached to an aromatic ring is 1. The third-order valence-corrected chi connectivity index (χ3v) is 5.96. The molecule has 0 spiro atoms. The van der Waals surface area contributed by atoms with Crippen molar-refractivity contribution in [2.45, 2.75) is 31.6 Å². The summed E-state index contributed by atoms with van der Waals surface area (Å²) in [7, 11) is -3.53. The molecule has 3 N–H and O–H groups in total. The Bertz CT molecular complexity index is 580. The van der Waals surface area contributed by atoms with Crippen molar-refractivity contribution in [1.82, 2.24) is 4.72 Å². The molecule has 6 heteroatoms. The van der Waals surface area contributed by atoms with Crippen molar-refractivity contribution in [1.29, 1.82) is 0 Å². The molecule has 1 aromatic carbocycles. The summed E-state index contributed by atoms with van der Waals surface area (Å²) in [5, 5.41) is 0. The summed E-state index contributed by atoms with van der Waals surface area (Å²) in [6.45, 7) is 4.76. The monoisotopic (exact) mass is 346 g/mol. The van der Waals surface area contributed by atoms with Crippen molar-refractivity contribution in [3.63, 3.8) is 0 Å². The van der Waals surface area contributed by atoms with Gasteiger partial charge >= 0.3 is 0 Å². The third kappa shape index (κ3) is 3.12. The maximum Gasteiger partial charge on any atom is 0.242 e. The SMILES string of the molecule is CC(C)C1(CNS(=O)(=O)c2ccc(Br)cc2N)CC1. The summed E-state index contributed by atoms with van der Waals surface area (Å²) in [6, 6.07) is 4.81. The molecule has 0 heterocycles. The molecular formula is C13H19BrN2O2S. The molecule has 106 valence electrons. The van der Waals surface area contributed by atoms with E-state index in [-0.39, 0.29) is 16.0 Å². The summed E-state index contributed by atoms with van der Waals surface area (Å²) < 4.78 is 28.0. The Balaban J connectivity index is 2.15. The van der Waals surface area contributed by atoms with E-state index in [1.165, 1.54) is 6.07 Å². The second-order valence-corrected chi connectivity index (χ2v) is 8.17. The fraction of sp³-hybridized carbons (Fsp3) is 0.538. The molecule has 1 aliphatic rings. The number of benzene rings is 1. The third-order valence-electron chi connectivity index (χ3n) is 3.99. The fourth-order valence-corrected chi connectivity index (χ4v) is 3.83. The molecule has 1 aliphatic carbocycles. The summed E-state index contributed by atoms with van der Waals surface area (Å²) in [5.41, 5.74) is 6.17. The number of hydrogen-bond acceptors (Lipinski definition) is 3. The minimum atomic E-state index is -3.53. The second kappa shape index (κ2) is 5.07. The summed E-state index contributed by atoms with van der Waals surface area (Å²) in [5.74, 6) is 0.484. The Hall–Kier alpha value is -0.590. The van der Waals surface area contributed by atoms with Crippen molar-refractivity contribution < 1.29 is 8.42 Å². The number of hydrogen-bond donors (Lipinski definition) is 2. The van der Waals surface area contributed by atoms with Crippen molar-refractivity contribution in [2.24, 2.45) is 11.3 Å². The van der Waals surface area contributed by atoms with Gasteiger partial charge in [0.15, 0.2) is 0 Å². The normalized spacial score (nSPS) is 17.7. The lowest BCUT2D eigenvalue weighted by Crippen LogP contribution is -2.33. The molecule has 0 atom stereocenters. The first kappa shape index (κ1) is 14.8. The molecule has 1 aromatic rings. The Morgan fingerprint density at radius 1 is 1.42 bits per heavy atom. The summed E-state index contributed by atoms with van der Waals surface area (Å²) in [6.07, 6.45) is 2.17. The zero-order chi connectivity index (χ0) is 14.3. The van der Waals surface area contributed by atoms with Gasteiger partial charge in [-0.25, -0.2) is 13.1 Å². The van der Waals surface area contributed by atoms with Crippen LogP contribution in [-0.4, -0.2) is 15.0 Å². The van der Waals surface area contributed by atoms with Crippen molar-refractivity contribution in [3.8, 4) is 0 Å². The van der Waals surface area contributed by atoms with Gasteiger partial charge in [-0.15, -0.1) is 0 Å². The van der Waals surface area contributed by atoms with Crippen molar-refractivity contribution >= 4 is 31.6 Å². The largest absolute Gasteiger partial charge is 0.398 e. The zero-order valence-electron chi connectivity index (χ0n) is 11.1. The first-order valence-electron chi connectivity index (χ1n) is 6.31. The molecular weight excluding hydrogens is 328 g/mol. The second-order valence-electron chi connectivity index (χ2n) is 5.52. The molecule has 0 unspecified atom stereocenters. The van der Waals surface area contributed by atoms with Gasteiger partial charge < -0.3 is 5.73 Å². The highest BCUT2D eigenvalue weighted by molar-refractivity contribution is 9.10. The molecule has 1 saturated carbocycles. The average molecular weight is 347 g/mol. The highest BCUT2D eigenvalue weighted by Gasteiger charge is 2.45. The van der Waals surface area contributed by atoms with Gasteiger partial charge in [-0.05, 0) is 42.4 Å². The van der Waals surface area contributed by atoms with Crippen LogP contribution in [0.15, 0.2) is 27.6 Å². The van der Waals surface area contributed by atoms with Crippen LogP contribution in [0, 0.1) is 11.3 Å². The maximum absolute atomic E-state index is 12.3. The van der Waals surface area contributed by atoms with Crippen molar-refractivity contribution in [2.75, 3.05) is 12.3 Å². The number of anilines is 1. The maximum atomic E-state index is 12.3. The topological polar surface area (TPSA) is 72.2 Å². The zero-order valence-corrected chi connectivity index (χ0v) is 13.5. The smallest absolute Gasteiger partial charge is 0.242 e. The lowest BCUT2D eigenvalue weighted by Gasteiger charge is -2.20. The quantitative estimate of drug-likeness (QED) is 0.805. The highest BCUT2D eigenvalue weighted by Crippen LogP contribution is 2.51. The van der Waals surface area contributed by atoms with Crippen LogP contribution in [0.25, 0.3) is 0 Å². The van der Waals surface area contributed by atoms with Crippen molar-refractivity contribution in [3.05, 3.63) is 22.7 Å². The van der Waals surface area contributed by atoms with E-state index in [1.54, 1.807) is 12.1 Å². The van der Waals surface area contributed by atoms with E-state index in [2.05, 4.69) is 34.5 Å². The Morgan fingerprint density at radius 3 is 2.53 bits per heavy atom. The first-order chi connectivity index (χ1) is 8.77. The number of rotatable bonds is 5. The van der Waals surface area contributed by atoms with E-state index >= 15 is 0 Å². The van der Waals surface area contributed by atoms with E-state index in [4.69, 9.17) is 5.73 Å². The van der Waals surface area contributed by atoms with E-state index in [0.717, 1.165) is 17.3 Å². The molecule has 0 bridgehead atoms. The predicted molar refractivity (Wildman–Crippen MR) is 80.2 cm³/mol. The first-order valence-corrected chi connectivity index (χ1v) is 8.59. The van der Waals surface area contributed by atoms with Gasteiger partial charge in [0.05, 0.1) is 5.69 Å². The molecule has 1 fully saturated rings. The van der Waals surface area contributed by atoms with Crippen LogP contribution in [0.2, 0.25) is 0 Å². The summed E-state index contributed by atoms with van der Waals surface area (Å²) in [4.78, 5) is 0.148. The lowest BCUT2D eigenvalue weighted by atomic mass is 9.93. The number of sulfonamides is 1. The Labute approximate surface area is 122 Å². The molecule has 0 aliphatic heterocycles. The Kier molecular flexibility index (Phi) is 3.95. The number of nitrogens with one attached hydrogen (secondary N) is 1. The number of halogens is 1. The van der Waals surface area contributed by atoms with Gasteiger partial charge in [0.2, 0.25) is 10.0 Å². The molecule has 0 saturated heterocycles. The van der Waals surface area contributed by atoms with Gasteiger partial charge in [-0.3, -0.25) is 0 Å². The van der Waals surface area contributed by atoms with Gasteiger partial charge in [-0.1, -0.05) is 29.8 Å². The highest BCUT2D eigenvalue weighted by atomic mass is 79.9. The van der Waals surface area contributed by atoms with Crippen LogP contribution in [-0.2, 0) is 10.0 Å². The van der Waals surface area contributed by atoms with E-state index in [9.17, 15) is 8.42 Å². The molecule has 0 amide bonds. The fourth-order valence-electron chi connectivity index (χ4n) is 2.20. The van der Waals surface area contributed by atoms with Crippen LogP contribution in [0.3, 0.4) is 0 Å². The molecule has 0 radical (unpaired) electrons. The minimum Gasteiger partial charge on any atom is -0.398 e. The molecule has 0 aromatic heterocycles.